The topological polar surface area (TPSA) is 105 Å². The maximum Gasteiger partial charge on any atom is 0.299 e. The molecule has 2 N–H and O–H groups in total. The van der Waals surface area contributed by atoms with Crippen molar-refractivity contribution in [2.24, 2.45) is 0 Å². The first-order valence-electron chi connectivity index (χ1n) is 11.7. The molecule has 1 fully saturated rings. The number of imidazole rings is 1. The largest absolute Gasteiger partial charge is 0.371 e. The van der Waals surface area contributed by atoms with Crippen molar-refractivity contribution in [2.45, 2.75) is 25.8 Å². The summed E-state index contributed by atoms with van der Waals surface area (Å²) in [6.45, 7) is 2.31. The fraction of sp³-hybridized carbons (Fsp3) is 0.222. The molecule has 0 bridgehead atoms. The zero-order chi connectivity index (χ0) is 25.1. The Hall–Kier alpha value is -4.71. The van der Waals surface area contributed by atoms with Gasteiger partial charge in [-0.1, -0.05) is 24.1 Å². The quantitative estimate of drug-likeness (QED) is 0.422. The third kappa shape index (κ3) is 4.25. The Bertz CT molecular complexity index is 1480. The van der Waals surface area contributed by atoms with Crippen LogP contribution in [-0.2, 0) is 4.79 Å². The Morgan fingerprint density at radius 2 is 1.92 bits per heavy atom. The normalized spacial score (nSPS) is 14.8. The number of anilines is 2. The number of amides is 2. The Morgan fingerprint density at radius 3 is 2.64 bits per heavy atom. The molecule has 1 unspecified atom stereocenters. The molecule has 0 saturated carbocycles. The minimum atomic E-state index is -0.245. The van der Waals surface area contributed by atoms with E-state index in [1.165, 1.54) is 0 Å². The van der Waals surface area contributed by atoms with Crippen LogP contribution in [0.4, 0.5) is 11.6 Å². The minimum absolute atomic E-state index is 0.185. The molecule has 9 heteroatoms. The molecule has 0 spiro atoms. The highest BCUT2D eigenvalue weighted by molar-refractivity contribution is 6.04. The van der Waals surface area contributed by atoms with Crippen molar-refractivity contribution >= 4 is 29.0 Å². The predicted octanol–water partition coefficient (Wildman–Crippen LogP) is 3.77. The van der Waals surface area contributed by atoms with Crippen molar-refractivity contribution in [3.8, 4) is 23.1 Å². The maximum absolute atomic E-state index is 12.7. The third-order valence-corrected chi connectivity index (χ3v) is 6.19. The number of aromatic nitrogens is 4. The molecule has 1 aliphatic rings. The lowest BCUT2D eigenvalue weighted by Gasteiger charge is -2.21. The van der Waals surface area contributed by atoms with Crippen LogP contribution in [0.1, 0.15) is 42.0 Å². The van der Waals surface area contributed by atoms with Crippen LogP contribution < -0.4 is 10.6 Å². The lowest BCUT2D eigenvalue weighted by atomic mass is 10.1. The molecule has 1 aromatic carbocycles. The van der Waals surface area contributed by atoms with Gasteiger partial charge in [-0.3, -0.25) is 14.0 Å². The minimum Gasteiger partial charge on any atom is -0.371 e. The first-order chi connectivity index (χ1) is 17.6. The highest BCUT2D eigenvalue weighted by atomic mass is 16.2. The summed E-state index contributed by atoms with van der Waals surface area (Å²) in [5, 5.41) is 5.94. The van der Waals surface area contributed by atoms with Gasteiger partial charge in [0.05, 0.1) is 6.04 Å². The van der Waals surface area contributed by atoms with Crippen molar-refractivity contribution in [3.05, 3.63) is 72.4 Å². The van der Waals surface area contributed by atoms with Crippen molar-refractivity contribution in [3.63, 3.8) is 0 Å². The van der Waals surface area contributed by atoms with Crippen LogP contribution in [0.3, 0.4) is 0 Å². The average molecular weight is 480 g/mol. The second-order valence-electron chi connectivity index (χ2n) is 8.34. The zero-order valence-electron chi connectivity index (χ0n) is 20.0. The highest BCUT2D eigenvalue weighted by Crippen LogP contribution is 2.36. The predicted molar refractivity (Wildman–Crippen MR) is 137 cm³/mol. The second-order valence-corrected chi connectivity index (χ2v) is 8.34. The Balaban J connectivity index is 1.53. The van der Waals surface area contributed by atoms with E-state index in [0.717, 1.165) is 35.4 Å². The van der Waals surface area contributed by atoms with Gasteiger partial charge in [-0.2, -0.15) is 0 Å². The summed E-state index contributed by atoms with van der Waals surface area (Å²) in [4.78, 5) is 40.7. The van der Waals surface area contributed by atoms with Gasteiger partial charge in [-0.25, -0.2) is 15.0 Å². The molecule has 0 radical (unpaired) electrons. The fourth-order valence-electron chi connectivity index (χ4n) is 4.54. The molecule has 4 heterocycles. The van der Waals surface area contributed by atoms with Crippen LogP contribution in [0.5, 0.6) is 0 Å². The summed E-state index contributed by atoms with van der Waals surface area (Å²) in [5.41, 5.74) is 2.87. The number of rotatable bonds is 5. The molecule has 36 heavy (non-hydrogen) atoms. The molecule has 1 atom stereocenters. The summed E-state index contributed by atoms with van der Waals surface area (Å²) in [5.74, 6) is 6.86. The lowest BCUT2D eigenvalue weighted by molar-refractivity contribution is -0.126. The summed E-state index contributed by atoms with van der Waals surface area (Å²) < 4.78 is 1.99. The second kappa shape index (κ2) is 9.88. The number of carbonyl (C=O) groups excluding carboxylic acids is 2. The molecule has 1 aliphatic heterocycles. The first-order valence-corrected chi connectivity index (χ1v) is 11.7. The van der Waals surface area contributed by atoms with E-state index < -0.39 is 0 Å². The first kappa shape index (κ1) is 23.1. The van der Waals surface area contributed by atoms with Crippen molar-refractivity contribution in [2.75, 3.05) is 24.2 Å². The number of likely N-dealkylation sites (tertiary alicyclic amines) is 1. The summed E-state index contributed by atoms with van der Waals surface area (Å²) in [6.07, 6.45) is 6.89. The average Bonchev–Trinajstić information content (AvgIpc) is 3.54. The number of carbonyl (C=O) groups is 2. The van der Waals surface area contributed by atoms with Gasteiger partial charge in [0.15, 0.2) is 5.82 Å². The van der Waals surface area contributed by atoms with E-state index in [1.807, 2.05) is 35.8 Å². The van der Waals surface area contributed by atoms with Crippen LogP contribution in [0, 0.1) is 11.8 Å². The van der Waals surface area contributed by atoms with Gasteiger partial charge >= 0.3 is 0 Å². The highest BCUT2D eigenvalue weighted by Gasteiger charge is 2.33. The van der Waals surface area contributed by atoms with Crippen LogP contribution in [0.2, 0.25) is 0 Å². The number of nitrogens with zero attached hydrogens (tertiary/aromatic N) is 5. The van der Waals surface area contributed by atoms with Crippen LogP contribution in [-0.4, -0.2) is 49.7 Å². The molecular formula is C27H25N7O2. The van der Waals surface area contributed by atoms with E-state index in [1.54, 1.807) is 48.5 Å². The third-order valence-electron chi connectivity index (χ3n) is 6.19. The maximum atomic E-state index is 12.7. The molecule has 9 nitrogen and oxygen atoms in total. The molecular weight excluding hydrogens is 454 g/mol. The molecule has 4 aromatic rings. The van der Waals surface area contributed by atoms with Gasteiger partial charge in [0.1, 0.15) is 22.9 Å². The summed E-state index contributed by atoms with van der Waals surface area (Å²) in [6, 6.07) is 12.4. The van der Waals surface area contributed by atoms with E-state index in [4.69, 9.17) is 4.98 Å². The molecule has 3 aromatic heterocycles. The van der Waals surface area contributed by atoms with E-state index in [0.29, 0.717) is 23.7 Å². The van der Waals surface area contributed by atoms with E-state index in [2.05, 4.69) is 32.4 Å². The van der Waals surface area contributed by atoms with Crippen molar-refractivity contribution in [1.29, 1.82) is 0 Å². The van der Waals surface area contributed by atoms with E-state index in [-0.39, 0.29) is 17.9 Å². The molecule has 0 aliphatic carbocycles. The Kier molecular flexibility index (Phi) is 6.33. The number of benzene rings is 1. The van der Waals surface area contributed by atoms with Crippen LogP contribution in [0.15, 0.2) is 61.1 Å². The van der Waals surface area contributed by atoms with Crippen LogP contribution >= 0.6 is 0 Å². The standard InChI is InChI=1S/C27H25N7O2/c1-3-7-22(35)33-16-6-8-20(33)26-32-23(24-25(28-2)30-15-17-34(24)26)18-10-12-19(13-11-18)27(36)31-21-9-4-5-14-29-21/h4-5,9-15,17,20H,6,8,16H2,1-2H3,(H,28,30)(H,29,31,36). The van der Waals surface area contributed by atoms with Crippen molar-refractivity contribution in [1.82, 2.24) is 24.3 Å². The smallest absolute Gasteiger partial charge is 0.299 e. The summed E-state index contributed by atoms with van der Waals surface area (Å²) >= 11 is 0. The summed E-state index contributed by atoms with van der Waals surface area (Å²) in [7, 11) is 1.81. The van der Waals surface area contributed by atoms with Crippen molar-refractivity contribution < 1.29 is 9.59 Å². The number of pyridine rings is 1. The van der Waals surface area contributed by atoms with Gasteiger partial charge in [-0.05, 0) is 50.0 Å². The molecule has 5 rings (SSSR count). The number of hydrogen-bond donors (Lipinski definition) is 2. The zero-order valence-corrected chi connectivity index (χ0v) is 20.0. The molecule has 180 valence electrons. The van der Waals surface area contributed by atoms with Gasteiger partial charge in [-0.15, -0.1) is 0 Å². The number of hydrogen-bond acceptors (Lipinski definition) is 6. The Labute approximate surface area is 208 Å². The van der Waals surface area contributed by atoms with Gasteiger partial charge in [0.2, 0.25) is 0 Å². The van der Waals surface area contributed by atoms with E-state index >= 15 is 0 Å². The molecule has 2 amide bonds. The van der Waals surface area contributed by atoms with Gasteiger partial charge in [0.25, 0.3) is 11.8 Å². The van der Waals surface area contributed by atoms with Gasteiger partial charge in [0, 0.05) is 43.3 Å². The lowest BCUT2D eigenvalue weighted by Crippen LogP contribution is -2.30. The monoisotopic (exact) mass is 479 g/mol. The fourth-order valence-corrected chi connectivity index (χ4v) is 4.54. The number of nitrogens with one attached hydrogen (secondary N) is 2. The Morgan fingerprint density at radius 1 is 1.08 bits per heavy atom. The SMILES string of the molecule is CC#CC(=O)N1CCCC1c1nc(-c2ccc(C(=O)Nc3ccccn3)cc2)c2c(NC)nccn12. The van der Waals surface area contributed by atoms with Crippen LogP contribution in [0.25, 0.3) is 16.8 Å². The van der Waals surface area contributed by atoms with E-state index in [9.17, 15) is 9.59 Å². The molecule has 1 saturated heterocycles. The van der Waals surface area contributed by atoms with Gasteiger partial charge < -0.3 is 15.5 Å². The number of fused-ring (bicyclic) bond motifs is 1.